The Hall–Kier alpha value is -1.91. The van der Waals surface area contributed by atoms with Gasteiger partial charge in [0.2, 0.25) is 0 Å². The van der Waals surface area contributed by atoms with E-state index in [1.54, 1.807) is 0 Å². The fourth-order valence-corrected chi connectivity index (χ4v) is 3.53. The summed E-state index contributed by atoms with van der Waals surface area (Å²) in [6.45, 7) is 5.22. The summed E-state index contributed by atoms with van der Waals surface area (Å²) in [5, 5.41) is 12.3. The zero-order chi connectivity index (χ0) is 14.9. The molecule has 1 aliphatic carbocycles. The van der Waals surface area contributed by atoms with Gasteiger partial charge in [-0.1, -0.05) is 19.8 Å². The largest absolute Gasteiger partial charge is 0.399 e. The molecule has 0 aliphatic heterocycles. The normalized spacial score (nSPS) is 17.2. The highest BCUT2D eigenvalue weighted by molar-refractivity contribution is 5.62. The lowest BCUT2D eigenvalue weighted by Crippen LogP contribution is -2.24. The molecule has 1 saturated carbocycles. The number of nitrogens with zero attached hydrogens (tertiary/aromatic N) is 4. The van der Waals surface area contributed by atoms with Crippen molar-refractivity contribution in [1.29, 1.82) is 0 Å². The van der Waals surface area contributed by atoms with Gasteiger partial charge in [0.05, 0.1) is 6.54 Å². The highest BCUT2D eigenvalue weighted by Crippen LogP contribution is 2.42. The van der Waals surface area contributed by atoms with Crippen LogP contribution in [-0.2, 0) is 6.54 Å². The first kappa shape index (κ1) is 14.0. The van der Waals surface area contributed by atoms with Crippen LogP contribution >= 0.6 is 0 Å². The van der Waals surface area contributed by atoms with E-state index in [9.17, 15) is 0 Å². The van der Waals surface area contributed by atoms with Crippen molar-refractivity contribution < 1.29 is 0 Å². The molecule has 3 rings (SSSR count). The molecule has 1 fully saturated rings. The van der Waals surface area contributed by atoms with E-state index in [0.717, 1.165) is 29.2 Å². The standard InChI is InChI=1S/C16H23N5/c1-3-16(6-4-5-7-16)11-21-15(18-19-20-21)13-8-12(2)9-14(17)10-13/h8-10H,3-7,11,17H2,1-2H3. The number of tetrazole rings is 1. The van der Waals surface area contributed by atoms with Crippen molar-refractivity contribution in [2.24, 2.45) is 5.41 Å². The summed E-state index contributed by atoms with van der Waals surface area (Å²) in [5.41, 5.74) is 9.20. The quantitative estimate of drug-likeness (QED) is 0.876. The van der Waals surface area contributed by atoms with E-state index < -0.39 is 0 Å². The Morgan fingerprint density at radius 2 is 2.00 bits per heavy atom. The van der Waals surface area contributed by atoms with E-state index in [-0.39, 0.29) is 0 Å². The third-order valence-corrected chi connectivity index (χ3v) is 4.79. The van der Waals surface area contributed by atoms with Crippen LogP contribution in [0.1, 0.15) is 44.6 Å². The van der Waals surface area contributed by atoms with Gasteiger partial charge >= 0.3 is 0 Å². The summed E-state index contributed by atoms with van der Waals surface area (Å²) in [6, 6.07) is 6.00. The molecular weight excluding hydrogens is 262 g/mol. The maximum Gasteiger partial charge on any atom is 0.182 e. The second-order valence-corrected chi connectivity index (χ2v) is 6.35. The van der Waals surface area contributed by atoms with Crippen molar-refractivity contribution in [1.82, 2.24) is 20.2 Å². The minimum Gasteiger partial charge on any atom is -0.399 e. The molecule has 112 valence electrons. The number of hydrogen-bond acceptors (Lipinski definition) is 4. The molecule has 0 atom stereocenters. The van der Waals surface area contributed by atoms with Crippen LogP contribution in [0.3, 0.4) is 0 Å². The maximum atomic E-state index is 5.95. The van der Waals surface area contributed by atoms with Crippen LogP contribution in [-0.4, -0.2) is 20.2 Å². The van der Waals surface area contributed by atoms with Crippen molar-refractivity contribution in [2.45, 2.75) is 52.5 Å². The fraction of sp³-hybridized carbons (Fsp3) is 0.562. The molecule has 0 unspecified atom stereocenters. The molecule has 1 heterocycles. The minimum atomic E-state index is 0.361. The third kappa shape index (κ3) is 2.77. The minimum absolute atomic E-state index is 0.361. The van der Waals surface area contributed by atoms with Crippen molar-refractivity contribution in [3.63, 3.8) is 0 Å². The first-order chi connectivity index (χ1) is 10.1. The van der Waals surface area contributed by atoms with Crippen molar-refractivity contribution in [3.05, 3.63) is 23.8 Å². The van der Waals surface area contributed by atoms with E-state index >= 15 is 0 Å². The second kappa shape index (κ2) is 5.47. The molecule has 5 heteroatoms. The van der Waals surface area contributed by atoms with Gasteiger partial charge in [-0.05, 0) is 65.8 Å². The first-order valence-electron chi connectivity index (χ1n) is 7.76. The van der Waals surface area contributed by atoms with E-state index in [1.807, 2.05) is 23.7 Å². The molecule has 0 spiro atoms. The second-order valence-electron chi connectivity index (χ2n) is 6.35. The van der Waals surface area contributed by atoms with Gasteiger partial charge in [-0.2, -0.15) is 0 Å². The van der Waals surface area contributed by atoms with Gasteiger partial charge in [-0.3, -0.25) is 0 Å². The van der Waals surface area contributed by atoms with Gasteiger partial charge in [0.1, 0.15) is 0 Å². The number of nitrogens with two attached hydrogens (primary N) is 1. The fourth-order valence-electron chi connectivity index (χ4n) is 3.53. The Morgan fingerprint density at radius 3 is 2.67 bits per heavy atom. The van der Waals surface area contributed by atoms with Crippen molar-refractivity contribution >= 4 is 5.69 Å². The summed E-state index contributed by atoms with van der Waals surface area (Å²) in [7, 11) is 0. The predicted octanol–water partition coefficient (Wildman–Crippen LogP) is 3.20. The number of anilines is 1. The third-order valence-electron chi connectivity index (χ3n) is 4.79. The molecule has 5 nitrogen and oxygen atoms in total. The molecule has 1 aliphatic rings. The van der Waals surface area contributed by atoms with Gasteiger partial charge < -0.3 is 5.73 Å². The molecule has 0 bridgehead atoms. The highest BCUT2D eigenvalue weighted by atomic mass is 15.5. The zero-order valence-electron chi connectivity index (χ0n) is 12.8. The van der Waals surface area contributed by atoms with Crippen LogP contribution in [0.5, 0.6) is 0 Å². The average Bonchev–Trinajstić information content (AvgIpc) is 3.08. The van der Waals surface area contributed by atoms with Gasteiger partial charge in [0, 0.05) is 11.3 Å². The molecule has 2 N–H and O–H groups in total. The maximum absolute atomic E-state index is 5.95. The Morgan fingerprint density at radius 1 is 1.24 bits per heavy atom. The molecule has 21 heavy (non-hydrogen) atoms. The zero-order valence-corrected chi connectivity index (χ0v) is 12.8. The van der Waals surface area contributed by atoms with E-state index in [4.69, 9.17) is 5.73 Å². The van der Waals surface area contributed by atoms with Crippen LogP contribution in [0, 0.1) is 12.3 Å². The highest BCUT2D eigenvalue weighted by Gasteiger charge is 2.33. The van der Waals surface area contributed by atoms with Crippen LogP contribution < -0.4 is 5.73 Å². The number of aromatic nitrogens is 4. The van der Waals surface area contributed by atoms with Crippen LogP contribution in [0.25, 0.3) is 11.4 Å². The average molecular weight is 285 g/mol. The van der Waals surface area contributed by atoms with Crippen LogP contribution in [0.15, 0.2) is 18.2 Å². The smallest absolute Gasteiger partial charge is 0.182 e. The number of nitrogen functional groups attached to an aromatic ring is 1. The first-order valence-corrected chi connectivity index (χ1v) is 7.76. The summed E-state index contributed by atoms with van der Waals surface area (Å²) in [6.07, 6.45) is 6.38. The van der Waals surface area contributed by atoms with Gasteiger partial charge in [-0.25, -0.2) is 4.68 Å². The summed E-state index contributed by atoms with van der Waals surface area (Å²) >= 11 is 0. The molecule has 0 radical (unpaired) electrons. The molecule has 0 saturated heterocycles. The Labute approximate surface area is 125 Å². The van der Waals surface area contributed by atoms with E-state index in [1.165, 1.54) is 32.1 Å². The number of benzene rings is 1. The predicted molar refractivity (Wildman–Crippen MR) is 83.6 cm³/mol. The Kier molecular flexibility index (Phi) is 3.66. The molecule has 1 aromatic heterocycles. The van der Waals surface area contributed by atoms with Crippen molar-refractivity contribution in [2.75, 3.05) is 5.73 Å². The van der Waals surface area contributed by atoms with E-state index in [0.29, 0.717) is 5.41 Å². The Bertz CT molecular complexity index is 605. The Balaban J connectivity index is 1.93. The van der Waals surface area contributed by atoms with Crippen molar-refractivity contribution in [3.8, 4) is 11.4 Å². The lowest BCUT2D eigenvalue weighted by molar-refractivity contribution is 0.226. The summed E-state index contributed by atoms with van der Waals surface area (Å²) < 4.78 is 1.96. The van der Waals surface area contributed by atoms with Gasteiger partial charge in [0.15, 0.2) is 5.82 Å². The molecule has 2 aromatic rings. The van der Waals surface area contributed by atoms with Crippen LogP contribution in [0.4, 0.5) is 5.69 Å². The summed E-state index contributed by atoms with van der Waals surface area (Å²) in [4.78, 5) is 0. The monoisotopic (exact) mass is 285 g/mol. The topological polar surface area (TPSA) is 69.6 Å². The lowest BCUT2D eigenvalue weighted by atomic mass is 9.83. The van der Waals surface area contributed by atoms with Gasteiger partial charge in [0.25, 0.3) is 0 Å². The number of aryl methyl sites for hydroxylation is 1. The summed E-state index contributed by atoms with van der Waals surface area (Å²) in [5.74, 6) is 0.824. The molecule has 1 aromatic carbocycles. The van der Waals surface area contributed by atoms with Gasteiger partial charge in [-0.15, -0.1) is 5.10 Å². The van der Waals surface area contributed by atoms with E-state index in [2.05, 4.69) is 28.5 Å². The SMILES string of the molecule is CCC1(Cn2nnnc2-c2cc(C)cc(N)c2)CCCC1. The van der Waals surface area contributed by atoms with Crippen LogP contribution in [0.2, 0.25) is 0 Å². The lowest BCUT2D eigenvalue weighted by Gasteiger charge is -2.27. The molecular formula is C16H23N5. The number of hydrogen-bond donors (Lipinski definition) is 1. The molecule has 0 amide bonds. The number of rotatable bonds is 4.